The van der Waals surface area contributed by atoms with E-state index in [0.717, 1.165) is 0 Å². The number of ketones is 3. The molecular formula is C27H34O6. The third kappa shape index (κ3) is 5.21. The molecule has 3 rings (SSSR count). The van der Waals surface area contributed by atoms with Gasteiger partial charge in [0.05, 0.1) is 13.0 Å². The number of carbonyl (C=O) groups is 3. The zero-order chi connectivity index (χ0) is 24.6. The van der Waals surface area contributed by atoms with Crippen LogP contribution in [0.15, 0.2) is 42.2 Å². The Kier molecular flexibility index (Phi) is 6.87. The van der Waals surface area contributed by atoms with Crippen LogP contribution in [0, 0.1) is 16.7 Å². The molecule has 1 N–H and O–H groups in total. The van der Waals surface area contributed by atoms with Gasteiger partial charge >= 0.3 is 0 Å². The number of ether oxygens (including phenoxy) is 2. The Labute approximate surface area is 195 Å². The van der Waals surface area contributed by atoms with Gasteiger partial charge in [0.25, 0.3) is 0 Å². The first kappa shape index (κ1) is 24.7. The second-order valence-corrected chi connectivity index (χ2v) is 10.7. The number of benzene rings is 1. The van der Waals surface area contributed by atoms with Crippen LogP contribution in [-0.2, 0) is 14.4 Å². The SMILES string of the molecule is C=CCOc1ccc([C@H](C2=C(O)CC(C)(C)CC2=O)C2C(=O)CC(C)(C)CC2=O)cc1OC. The molecule has 2 aliphatic carbocycles. The van der Waals surface area contributed by atoms with Gasteiger partial charge in [-0.3, -0.25) is 14.4 Å². The second kappa shape index (κ2) is 9.16. The van der Waals surface area contributed by atoms with Gasteiger partial charge in [-0.1, -0.05) is 46.4 Å². The van der Waals surface area contributed by atoms with Crippen LogP contribution in [-0.4, -0.2) is 36.2 Å². The summed E-state index contributed by atoms with van der Waals surface area (Å²) in [6.45, 7) is 11.6. The summed E-state index contributed by atoms with van der Waals surface area (Å²) in [4.78, 5) is 39.8. The van der Waals surface area contributed by atoms with Crippen LogP contribution in [0.1, 0.15) is 64.9 Å². The van der Waals surface area contributed by atoms with E-state index in [0.29, 0.717) is 23.5 Å². The third-order valence-corrected chi connectivity index (χ3v) is 6.44. The number of carbonyl (C=O) groups excluding carboxylic acids is 3. The second-order valence-electron chi connectivity index (χ2n) is 10.7. The Morgan fingerprint density at radius 3 is 2.18 bits per heavy atom. The molecule has 6 heteroatoms. The molecule has 0 bridgehead atoms. The number of aliphatic hydroxyl groups is 1. The third-order valence-electron chi connectivity index (χ3n) is 6.44. The van der Waals surface area contributed by atoms with E-state index in [4.69, 9.17) is 9.47 Å². The van der Waals surface area contributed by atoms with Gasteiger partial charge < -0.3 is 14.6 Å². The van der Waals surface area contributed by atoms with Crippen LogP contribution in [0.2, 0.25) is 0 Å². The number of aliphatic hydroxyl groups excluding tert-OH is 1. The van der Waals surface area contributed by atoms with Crippen LogP contribution in [0.25, 0.3) is 0 Å². The molecule has 1 atom stereocenters. The molecule has 0 spiro atoms. The van der Waals surface area contributed by atoms with Crippen LogP contribution in [0.5, 0.6) is 11.5 Å². The molecule has 0 unspecified atom stereocenters. The van der Waals surface area contributed by atoms with E-state index in [1.54, 1.807) is 24.3 Å². The van der Waals surface area contributed by atoms with Gasteiger partial charge in [-0.25, -0.2) is 0 Å². The molecule has 0 radical (unpaired) electrons. The molecule has 6 nitrogen and oxygen atoms in total. The van der Waals surface area contributed by atoms with Crippen molar-refractivity contribution < 1.29 is 29.0 Å². The van der Waals surface area contributed by atoms with Crippen LogP contribution in [0.4, 0.5) is 0 Å². The fraction of sp³-hybridized carbons (Fsp3) is 0.519. The van der Waals surface area contributed by atoms with Crippen LogP contribution in [0.3, 0.4) is 0 Å². The lowest BCUT2D eigenvalue weighted by molar-refractivity contribution is -0.140. The number of Topliss-reactive ketones (excluding diaryl/α,β-unsaturated/α-hetero) is 3. The van der Waals surface area contributed by atoms with E-state index >= 15 is 0 Å². The minimum atomic E-state index is -1.02. The van der Waals surface area contributed by atoms with Gasteiger partial charge in [-0.05, 0) is 28.5 Å². The molecule has 0 saturated heterocycles. The summed E-state index contributed by atoms with van der Waals surface area (Å²) >= 11 is 0. The normalized spacial score (nSPS) is 21.7. The first-order valence-corrected chi connectivity index (χ1v) is 11.3. The maximum Gasteiger partial charge on any atom is 0.163 e. The van der Waals surface area contributed by atoms with Gasteiger partial charge in [0.1, 0.15) is 23.9 Å². The quantitative estimate of drug-likeness (QED) is 0.454. The zero-order valence-electron chi connectivity index (χ0n) is 20.2. The summed E-state index contributed by atoms with van der Waals surface area (Å²) < 4.78 is 11.1. The van der Waals surface area contributed by atoms with Gasteiger partial charge in [0, 0.05) is 37.2 Å². The zero-order valence-corrected chi connectivity index (χ0v) is 20.2. The molecule has 2 aliphatic rings. The van der Waals surface area contributed by atoms with Gasteiger partial charge in [0.2, 0.25) is 0 Å². The summed E-state index contributed by atoms with van der Waals surface area (Å²) in [5, 5.41) is 11.0. The lowest BCUT2D eigenvalue weighted by Crippen LogP contribution is -2.43. The van der Waals surface area contributed by atoms with Gasteiger partial charge in [-0.15, -0.1) is 0 Å². The Morgan fingerprint density at radius 2 is 1.64 bits per heavy atom. The Hall–Kier alpha value is -2.89. The highest BCUT2D eigenvalue weighted by molar-refractivity contribution is 6.09. The first-order chi connectivity index (χ1) is 15.4. The summed E-state index contributed by atoms with van der Waals surface area (Å²) in [6, 6.07) is 5.12. The minimum Gasteiger partial charge on any atom is -0.512 e. The number of rotatable bonds is 7. The Balaban J connectivity index is 2.17. The molecule has 1 saturated carbocycles. The van der Waals surface area contributed by atoms with E-state index < -0.39 is 22.7 Å². The van der Waals surface area contributed by atoms with Crippen molar-refractivity contribution in [2.24, 2.45) is 16.7 Å². The summed E-state index contributed by atoms with van der Waals surface area (Å²) in [7, 11) is 1.50. The van der Waals surface area contributed by atoms with Crippen LogP contribution < -0.4 is 9.47 Å². The van der Waals surface area contributed by atoms with E-state index in [-0.39, 0.29) is 54.6 Å². The summed E-state index contributed by atoms with van der Waals surface area (Å²) in [5.74, 6) is -1.68. The van der Waals surface area contributed by atoms with E-state index in [9.17, 15) is 19.5 Å². The monoisotopic (exact) mass is 454 g/mol. The first-order valence-electron chi connectivity index (χ1n) is 11.3. The maximum absolute atomic E-state index is 13.3. The van der Waals surface area contributed by atoms with Crippen molar-refractivity contribution in [2.45, 2.75) is 59.3 Å². The minimum absolute atomic E-state index is 0.0439. The van der Waals surface area contributed by atoms with Crippen molar-refractivity contribution in [3.63, 3.8) is 0 Å². The lowest BCUT2D eigenvalue weighted by atomic mass is 9.62. The van der Waals surface area contributed by atoms with Crippen LogP contribution >= 0.6 is 0 Å². The fourth-order valence-corrected chi connectivity index (χ4v) is 5.10. The van der Waals surface area contributed by atoms with Crippen molar-refractivity contribution in [3.8, 4) is 11.5 Å². The van der Waals surface area contributed by atoms with Crippen molar-refractivity contribution in [1.29, 1.82) is 0 Å². The Bertz CT molecular complexity index is 993. The number of hydrogen-bond acceptors (Lipinski definition) is 6. The molecule has 0 aromatic heterocycles. The highest BCUT2D eigenvalue weighted by atomic mass is 16.5. The van der Waals surface area contributed by atoms with Gasteiger partial charge in [-0.2, -0.15) is 0 Å². The average molecular weight is 455 g/mol. The molecule has 1 aromatic carbocycles. The molecule has 1 aromatic rings. The molecule has 1 fully saturated rings. The molecule has 33 heavy (non-hydrogen) atoms. The lowest BCUT2D eigenvalue weighted by Gasteiger charge is -2.39. The predicted octanol–water partition coefficient (Wildman–Crippen LogP) is 5.12. The highest BCUT2D eigenvalue weighted by Gasteiger charge is 2.48. The Morgan fingerprint density at radius 1 is 1.03 bits per heavy atom. The predicted molar refractivity (Wildman–Crippen MR) is 126 cm³/mol. The topological polar surface area (TPSA) is 89.9 Å². The van der Waals surface area contributed by atoms with E-state index in [1.165, 1.54) is 7.11 Å². The van der Waals surface area contributed by atoms with E-state index in [2.05, 4.69) is 6.58 Å². The highest BCUT2D eigenvalue weighted by Crippen LogP contribution is 2.48. The van der Waals surface area contributed by atoms with Crippen molar-refractivity contribution >= 4 is 17.3 Å². The molecule has 0 heterocycles. The largest absolute Gasteiger partial charge is 0.512 e. The number of methoxy groups -OCH3 is 1. The number of allylic oxidation sites excluding steroid dienone is 2. The maximum atomic E-state index is 13.3. The molecule has 0 aliphatic heterocycles. The van der Waals surface area contributed by atoms with Crippen molar-refractivity contribution in [2.75, 3.05) is 13.7 Å². The van der Waals surface area contributed by atoms with Crippen molar-refractivity contribution in [1.82, 2.24) is 0 Å². The smallest absolute Gasteiger partial charge is 0.163 e. The molecule has 178 valence electrons. The van der Waals surface area contributed by atoms with E-state index in [1.807, 2.05) is 27.7 Å². The summed E-state index contributed by atoms with van der Waals surface area (Å²) in [5.41, 5.74) is -0.0799. The standard InChI is InChI=1S/C27H34O6/c1-7-10-33-21-9-8-16(11-22(21)32-6)23(24-17(28)12-26(2,3)13-18(24)29)25-19(30)14-27(4,5)15-20(25)31/h7-9,11,23-24,30H,1,10,12-15H2,2-6H3/t23-/m0/s1. The van der Waals surface area contributed by atoms with Crippen molar-refractivity contribution in [3.05, 3.63) is 47.7 Å². The number of hydrogen-bond donors (Lipinski definition) is 1. The molecular weight excluding hydrogens is 420 g/mol. The fourth-order valence-electron chi connectivity index (χ4n) is 5.10. The summed E-state index contributed by atoms with van der Waals surface area (Å²) in [6.07, 6.45) is 2.64. The van der Waals surface area contributed by atoms with Gasteiger partial charge in [0.15, 0.2) is 17.3 Å². The average Bonchev–Trinajstić information content (AvgIpc) is 2.68. The molecule has 0 amide bonds.